The van der Waals surface area contributed by atoms with Gasteiger partial charge in [-0.05, 0) is 42.0 Å². The molecule has 9 heteroatoms. The third kappa shape index (κ3) is 4.99. The van der Waals surface area contributed by atoms with Gasteiger partial charge >= 0.3 is 0 Å². The summed E-state index contributed by atoms with van der Waals surface area (Å²) in [5.41, 5.74) is 8.82. The van der Waals surface area contributed by atoms with Crippen molar-refractivity contribution >= 4 is 17.8 Å². The van der Waals surface area contributed by atoms with Crippen molar-refractivity contribution in [2.75, 3.05) is 13.7 Å². The molecule has 1 aliphatic heterocycles. The molecule has 1 aromatic heterocycles. The van der Waals surface area contributed by atoms with Gasteiger partial charge in [0.1, 0.15) is 0 Å². The van der Waals surface area contributed by atoms with Gasteiger partial charge in [0.25, 0.3) is 5.91 Å². The predicted octanol–water partition coefficient (Wildman–Crippen LogP) is 2.65. The number of pyridine rings is 1. The van der Waals surface area contributed by atoms with E-state index in [9.17, 15) is 14.7 Å². The largest absolute Gasteiger partial charge is 0.390 e. The average molecular weight is 494 g/mol. The molecule has 1 aromatic carbocycles. The van der Waals surface area contributed by atoms with Gasteiger partial charge in [0.2, 0.25) is 5.91 Å². The lowest BCUT2D eigenvalue weighted by Gasteiger charge is -2.40. The Bertz CT molecular complexity index is 1150. The maximum atomic E-state index is 13.3. The quantitative estimate of drug-likeness (QED) is 0.492. The number of carbonyl (C=O) groups excluding carboxylic acids is 2. The maximum Gasteiger partial charge on any atom is 0.253 e. The van der Waals surface area contributed by atoms with Crippen molar-refractivity contribution in [1.29, 1.82) is 0 Å². The molecule has 4 rings (SSSR count). The van der Waals surface area contributed by atoms with Gasteiger partial charge in [-0.3, -0.25) is 19.5 Å². The van der Waals surface area contributed by atoms with Gasteiger partial charge in [0.15, 0.2) is 5.96 Å². The van der Waals surface area contributed by atoms with Crippen LogP contribution in [-0.2, 0) is 16.0 Å². The van der Waals surface area contributed by atoms with Gasteiger partial charge in [-0.15, -0.1) is 0 Å². The minimum atomic E-state index is -0.698. The summed E-state index contributed by atoms with van der Waals surface area (Å²) in [5, 5.41) is 13.5. The number of nitrogens with one attached hydrogen (secondary N) is 1. The highest BCUT2D eigenvalue weighted by Gasteiger charge is 2.40. The molecule has 4 N–H and O–H groups in total. The monoisotopic (exact) mass is 493 g/mol. The van der Waals surface area contributed by atoms with E-state index in [-0.39, 0.29) is 24.2 Å². The zero-order chi connectivity index (χ0) is 25.9. The fraction of sp³-hybridized carbons (Fsp3) is 0.481. The van der Waals surface area contributed by atoms with Gasteiger partial charge in [0.05, 0.1) is 35.7 Å². The number of nitrogens with two attached hydrogens (primary N) is 1. The number of methoxy groups -OCH3 is 1. The lowest BCUT2D eigenvalue weighted by molar-refractivity contribution is -0.131. The highest BCUT2D eigenvalue weighted by molar-refractivity contribution is 5.99. The van der Waals surface area contributed by atoms with Gasteiger partial charge < -0.3 is 20.9 Å². The second-order valence-corrected chi connectivity index (χ2v) is 9.57. The first kappa shape index (κ1) is 25.8. The average Bonchev–Trinajstić information content (AvgIpc) is 3.20. The van der Waals surface area contributed by atoms with E-state index in [0.717, 1.165) is 24.0 Å². The van der Waals surface area contributed by atoms with E-state index in [4.69, 9.17) is 15.5 Å². The van der Waals surface area contributed by atoms with Crippen LogP contribution in [0.15, 0.2) is 47.7 Å². The van der Waals surface area contributed by atoms with Gasteiger partial charge in [0, 0.05) is 32.5 Å². The molecule has 0 saturated heterocycles. The molecule has 192 valence electrons. The molecule has 36 heavy (non-hydrogen) atoms. The summed E-state index contributed by atoms with van der Waals surface area (Å²) in [5.74, 6) is -0.275. The second-order valence-electron chi connectivity index (χ2n) is 9.57. The Morgan fingerprint density at radius 1 is 1.31 bits per heavy atom. The summed E-state index contributed by atoms with van der Waals surface area (Å²) in [4.78, 5) is 37.0. The molecule has 3 atom stereocenters. The number of benzene rings is 1. The molecule has 0 bridgehead atoms. The molecular weight excluding hydrogens is 458 g/mol. The van der Waals surface area contributed by atoms with Crippen LogP contribution in [0.2, 0.25) is 0 Å². The van der Waals surface area contributed by atoms with Crippen LogP contribution in [0.3, 0.4) is 0 Å². The normalized spacial score (nSPS) is 21.6. The van der Waals surface area contributed by atoms with Crippen LogP contribution >= 0.6 is 0 Å². The number of hydrogen-bond donors (Lipinski definition) is 3. The Labute approximate surface area is 211 Å². The molecule has 9 nitrogen and oxygen atoms in total. The number of guanidine groups is 1. The molecular formula is C27H35N5O4. The lowest BCUT2D eigenvalue weighted by atomic mass is 9.87. The summed E-state index contributed by atoms with van der Waals surface area (Å²) in [7, 11) is 1.60. The van der Waals surface area contributed by atoms with Crippen LogP contribution in [0, 0.1) is 0 Å². The van der Waals surface area contributed by atoms with Crippen LogP contribution in [0.25, 0.3) is 0 Å². The number of aliphatic imine (C=N–C) groups is 1. The highest BCUT2D eigenvalue weighted by Crippen LogP contribution is 2.35. The number of rotatable bonds is 9. The summed E-state index contributed by atoms with van der Waals surface area (Å²) in [6.45, 7) is 4.41. The topological polar surface area (TPSA) is 130 Å². The molecule has 2 heterocycles. The number of carbonyl (C=O) groups is 2. The van der Waals surface area contributed by atoms with E-state index in [0.29, 0.717) is 30.6 Å². The fourth-order valence-corrected chi connectivity index (χ4v) is 5.23. The van der Waals surface area contributed by atoms with Crippen LogP contribution in [0.4, 0.5) is 0 Å². The van der Waals surface area contributed by atoms with E-state index >= 15 is 0 Å². The minimum Gasteiger partial charge on any atom is -0.390 e. The van der Waals surface area contributed by atoms with E-state index < -0.39 is 23.7 Å². The van der Waals surface area contributed by atoms with Gasteiger partial charge in [-0.1, -0.05) is 38.1 Å². The molecule has 2 aliphatic rings. The Hall–Kier alpha value is -3.30. The Morgan fingerprint density at radius 3 is 2.75 bits per heavy atom. The van der Waals surface area contributed by atoms with Crippen molar-refractivity contribution in [3.8, 4) is 0 Å². The smallest absolute Gasteiger partial charge is 0.253 e. The Kier molecular flexibility index (Phi) is 7.70. The number of aliphatic hydroxyl groups is 1. The number of hydrogen-bond acceptors (Lipinski definition) is 7. The van der Waals surface area contributed by atoms with E-state index in [1.54, 1.807) is 19.4 Å². The van der Waals surface area contributed by atoms with E-state index in [2.05, 4.69) is 10.3 Å². The summed E-state index contributed by atoms with van der Waals surface area (Å²) < 4.78 is 5.30. The number of amides is 2. The molecule has 0 radical (unpaired) electrons. The first-order chi connectivity index (χ1) is 17.3. The van der Waals surface area contributed by atoms with Crippen molar-refractivity contribution in [1.82, 2.24) is 15.2 Å². The molecule has 0 saturated carbocycles. The molecule has 0 fully saturated rings. The molecule has 1 unspecified atom stereocenters. The molecule has 2 aromatic rings. The second kappa shape index (κ2) is 10.8. The van der Waals surface area contributed by atoms with Gasteiger partial charge in [-0.25, -0.2) is 4.99 Å². The SMILES string of the molecule is CCC1(CC)CC(=O)N(C(CCOC)c2cncc(C(=O)N[C@@H]3c4ccccc4C[C@H]3O)c2)C(N)=N1. The maximum absolute atomic E-state index is 13.3. The van der Waals surface area contributed by atoms with Crippen LogP contribution < -0.4 is 11.1 Å². The Morgan fingerprint density at radius 2 is 2.06 bits per heavy atom. The van der Waals surface area contributed by atoms with Crippen molar-refractivity contribution < 1.29 is 19.4 Å². The predicted molar refractivity (Wildman–Crippen MR) is 136 cm³/mol. The number of fused-ring (bicyclic) bond motifs is 1. The number of aliphatic hydroxyl groups excluding tert-OH is 1. The third-order valence-corrected chi connectivity index (χ3v) is 7.47. The Balaban J connectivity index is 1.61. The number of nitrogens with zero attached hydrogens (tertiary/aromatic N) is 3. The number of aromatic nitrogens is 1. The first-order valence-corrected chi connectivity index (χ1v) is 12.5. The van der Waals surface area contributed by atoms with Crippen molar-refractivity contribution in [3.63, 3.8) is 0 Å². The minimum absolute atomic E-state index is 0.104. The van der Waals surface area contributed by atoms with Crippen LogP contribution in [0.5, 0.6) is 0 Å². The van der Waals surface area contributed by atoms with Crippen LogP contribution in [-0.4, -0.2) is 58.1 Å². The van der Waals surface area contributed by atoms with E-state index in [1.807, 2.05) is 38.1 Å². The lowest BCUT2D eigenvalue weighted by Crippen LogP contribution is -2.52. The third-order valence-electron chi connectivity index (χ3n) is 7.47. The van der Waals surface area contributed by atoms with Gasteiger partial charge in [-0.2, -0.15) is 0 Å². The highest BCUT2D eigenvalue weighted by atomic mass is 16.5. The summed E-state index contributed by atoms with van der Waals surface area (Å²) in [6.07, 6.45) is 5.09. The molecule has 0 spiro atoms. The van der Waals surface area contributed by atoms with Crippen LogP contribution in [0.1, 0.15) is 78.7 Å². The fourth-order valence-electron chi connectivity index (χ4n) is 5.23. The standard InChI is InChI=1S/C27H35N5O4/c1-4-27(5-2)14-23(34)32(26(28)31-27)21(10-11-36-3)18-12-19(16-29-15-18)25(35)30-24-20-9-7-6-8-17(20)13-22(24)33/h6-9,12,15-16,21-22,24,33H,4-5,10-11,13-14H2,1-3H3,(H2,28,31)(H,30,35)/t21?,22-,24-/m1/s1. The summed E-state index contributed by atoms with van der Waals surface area (Å²) >= 11 is 0. The zero-order valence-corrected chi connectivity index (χ0v) is 21.1. The molecule has 2 amide bonds. The van der Waals surface area contributed by atoms with Crippen molar-refractivity contribution in [2.24, 2.45) is 10.7 Å². The zero-order valence-electron chi connectivity index (χ0n) is 21.1. The van der Waals surface area contributed by atoms with Crippen molar-refractivity contribution in [2.45, 2.75) is 69.7 Å². The molecule has 1 aliphatic carbocycles. The first-order valence-electron chi connectivity index (χ1n) is 12.5. The van der Waals surface area contributed by atoms with Crippen molar-refractivity contribution in [3.05, 3.63) is 65.0 Å². The number of ether oxygens (including phenoxy) is 1. The summed E-state index contributed by atoms with van der Waals surface area (Å²) in [6, 6.07) is 8.44. The van der Waals surface area contributed by atoms with E-state index in [1.165, 1.54) is 11.1 Å².